The zero-order valence-corrected chi connectivity index (χ0v) is 5.59. The van der Waals surface area contributed by atoms with Crippen LogP contribution in [0.25, 0.3) is 0 Å². The van der Waals surface area contributed by atoms with E-state index in [4.69, 9.17) is 5.11 Å². The number of allylic oxidation sites excluding steroid dienone is 2. The Morgan fingerprint density at radius 1 is 1.62 bits per heavy atom. The Kier molecular flexibility index (Phi) is 20.9. The van der Waals surface area contributed by atoms with Gasteiger partial charge in [-0.25, -0.2) is 0 Å². The van der Waals surface area contributed by atoms with Crippen molar-refractivity contribution < 1.29 is 5.11 Å². The lowest BCUT2D eigenvalue weighted by Gasteiger charge is -1.65. The molecule has 0 unspecified atom stereocenters. The third kappa shape index (κ3) is 59.0. The molecule has 1 heteroatoms. The maximum atomic E-state index is 7.89. The van der Waals surface area contributed by atoms with Gasteiger partial charge in [0.25, 0.3) is 0 Å². The van der Waals surface area contributed by atoms with Crippen LogP contribution in [0.2, 0.25) is 0 Å². The highest BCUT2D eigenvalue weighted by molar-refractivity contribution is 4.67. The zero-order chi connectivity index (χ0) is 6.83. The average Bonchev–Trinajstić information content (AvgIpc) is 1.71. The monoisotopic (exact) mass is 114 g/mol. The first kappa shape index (κ1) is 10.3. The minimum Gasteiger partial charge on any atom is -0.516 e. The van der Waals surface area contributed by atoms with Gasteiger partial charge >= 0.3 is 0 Å². The van der Waals surface area contributed by atoms with Gasteiger partial charge in [-0.05, 0) is 13.3 Å². The fraction of sp³-hybridized carbons (Fsp3) is 0.429. The summed E-state index contributed by atoms with van der Waals surface area (Å²) in [6, 6.07) is 0. The van der Waals surface area contributed by atoms with Crippen LogP contribution in [0, 0.1) is 0 Å². The third-order valence-electron chi connectivity index (χ3n) is 0.341. The molecule has 0 aromatic rings. The van der Waals surface area contributed by atoms with E-state index in [1.54, 1.807) is 12.2 Å². The second-order valence-corrected chi connectivity index (χ2v) is 1.20. The van der Waals surface area contributed by atoms with Crippen molar-refractivity contribution in [1.82, 2.24) is 0 Å². The summed E-state index contributed by atoms with van der Waals surface area (Å²) in [4.78, 5) is 0. The van der Waals surface area contributed by atoms with Crippen LogP contribution in [-0.2, 0) is 0 Å². The quantitative estimate of drug-likeness (QED) is 0.410. The predicted octanol–water partition coefficient (Wildman–Crippen LogP) is 2.66. The van der Waals surface area contributed by atoms with Crippen LogP contribution in [0.4, 0.5) is 0 Å². The van der Waals surface area contributed by atoms with Gasteiger partial charge < -0.3 is 5.11 Å². The molecule has 0 aromatic carbocycles. The van der Waals surface area contributed by atoms with Crippen molar-refractivity contribution in [2.75, 3.05) is 0 Å². The lowest BCUT2D eigenvalue weighted by atomic mass is 10.5. The maximum Gasteiger partial charge on any atom is 0.0751 e. The van der Waals surface area contributed by atoms with Crippen molar-refractivity contribution in [2.45, 2.75) is 20.3 Å². The van der Waals surface area contributed by atoms with Gasteiger partial charge in [0.1, 0.15) is 0 Å². The van der Waals surface area contributed by atoms with Crippen molar-refractivity contribution >= 4 is 0 Å². The van der Waals surface area contributed by atoms with Crippen molar-refractivity contribution in [3.8, 4) is 0 Å². The van der Waals surface area contributed by atoms with E-state index in [-0.39, 0.29) is 0 Å². The first-order chi connectivity index (χ1) is 3.83. The van der Waals surface area contributed by atoms with Gasteiger partial charge in [-0.3, -0.25) is 0 Å². The Bertz CT molecular complexity index is 55.4. The largest absolute Gasteiger partial charge is 0.516 e. The van der Waals surface area contributed by atoms with E-state index < -0.39 is 0 Å². The lowest BCUT2D eigenvalue weighted by molar-refractivity contribution is 0.471. The van der Waals surface area contributed by atoms with E-state index >= 15 is 0 Å². The number of aliphatic hydroxyl groups excluding tert-OH is 1. The molecule has 1 N–H and O–H groups in total. The molecule has 0 heterocycles. The number of hydrogen-bond donors (Lipinski definition) is 1. The van der Waals surface area contributed by atoms with Gasteiger partial charge in [0, 0.05) is 0 Å². The molecular weight excluding hydrogens is 100 g/mol. The minimum absolute atomic E-state index is 0.913. The van der Waals surface area contributed by atoms with Crippen LogP contribution in [0.3, 0.4) is 0 Å². The SMILES string of the molecule is C=CC.CCC=CO. The summed E-state index contributed by atoms with van der Waals surface area (Å²) in [6.07, 6.45) is 5.40. The highest BCUT2D eigenvalue weighted by atomic mass is 16.2. The smallest absolute Gasteiger partial charge is 0.0751 e. The Balaban J connectivity index is 0. The molecule has 0 spiro atoms. The van der Waals surface area contributed by atoms with Gasteiger partial charge in [-0.2, -0.15) is 0 Å². The molecule has 0 aliphatic heterocycles. The molecule has 0 aromatic heterocycles. The predicted molar refractivity (Wildman–Crippen MR) is 37.9 cm³/mol. The molecule has 0 atom stereocenters. The normalized spacial score (nSPS) is 7.75. The minimum atomic E-state index is 0.913. The summed E-state index contributed by atoms with van der Waals surface area (Å²) in [7, 11) is 0. The molecule has 0 aliphatic carbocycles. The van der Waals surface area contributed by atoms with Gasteiger partial charge in [0.05, 0.1) is 6.26 Å². The van der Waals surface area contributed by atoms with E-state index in [1.807, 2.05) is 13.8 Å². The summed E-state index contributed by atoms with van der Waals surface area (Å²) in [6.45, 7) is 7.22. The topological polar surface area (TPSA) is 20.2 Å². The van der Waals surface area contributed by atoms with Crippen LogP contribution in [-0.4, -0.2) is 5.11 Å². The van der Waals surface area contributed by atoms with Gasteiger partial charge in [0.2, 0.25) is 0 Å². The Hall–Kier alpha value is -0.720. The summed E-state index contributed by atoms with van der Waals surface area (Å²) < 4.78 is 0. The number of aliphatic hydroxyl groups is 1. The Morgan fingerprint density at radius 3 is 2.00 bits per heavy atom. The molecule has 0 amide bonds. The molecule has 48 valence electrons. The molecular formula is C7H14O. The number of rotatable bonds is 1. The van der Waals surface area contributed by atoms with Gasteiger partial charge in [-0.1, -0.05) is 19.1 Å². The molecule has 0 bridgehead atoms. The summed E-state index contributed by atoms with van der Waals surface area (Å²) in [5.74, 6) is 0. The Labute approximate surface area is 51.3 Å². The van der Waals surface area contributed by atoms with E-state index in [0.29, 0.717) is 0 Å². The van der Waals surface area contributed by atoms with Crippen LogP contribution in [0.15, 0.2) is 25.0 Å². The molecule has 0 fully saturated rings. The van der Waals surface area contributed by atoms with E-state index in [2.05, 4.69) is 6.58 Å². The molecule has 0 saturated carbocycles. The maximum absolute atomic E-state index is 7.89. The third-order valence-corrected chi connectivity index (χ3v) is 0.341. The van der Waals surface area contributed by atoms with E-state index in [0.717, 1.165) is 12.7 Å². The van der Waals surface area contributed by atoms with Gasteiger partial charge in [0.15, 0.2) is 0 Å². The fourth-order valence-corrected chi connectivity index (χ4v) is 0.105. The summed E-state index contributed by atoms with van der Waals surface area (Å²) in [5, 5.41) is 7.89. The van der Waals surface area contributed by atoms with Crippen molar-refractivity contribution in [1.29, 1.82) is 0 Å². The van der Waals surface area contributed by atoms with Crippen LogP contribution >= 0.6 is 0 Å². The molecule has 0 saturated heterocycles. The van der Waals surface area contributed by atoms with Crippen LogP contribution in [0.1, 0.15) is 20.3 Å². The fourth-order valence-electron chi connectivity index (χ4n) is 0.105. The second-order valence-electron chi connectivity index (χ2n) is 1.20. The molecule has 8 heavy (non-hydrogen) atoms. The molecule has 0 aliphatic rings. The zero-order valence-electron chi connectivity index (χ0n) is 5.59. The molecule has 0 rings (SSSR count). The molecule has 0 radical (unpaired) electrons. The molecule has 1 nitrogen and oxygen atoms in total. The van der Waals surface area contributed by atoms with Crippen LogP contribution < -0.4 is 0 Å². The Morgan fingerprint density at radius 2 is 2.00 bits per heavy atom. The van der Waals surface area contributed by atoms with E-state index in [9.17, 15) is 0 Å². The first-order valence-electron chi connectivity index (χ1n) is 2.69. The van der Waals surface area contributed by atoms with Crippen LogP contribution in [0.5, 0.6) is 0 Å². The summed E-state index contributed by atoms with van der Waals surface area (Å²) >= 11 is 0. The highest BCUT2D eigenvalue weighted by Crippen LogP contribution is 1.71. The lowest BCUT2D eigenvalue weighted by Crippen LogP contribution is -1.48. The van der Waals surface area contributed by atoms with E-state index in [1.165, 1.54) is 0 Å². The van der Waals surface area contributed by atoms with Gasteiger partial charge in [-0.15, -0.1) is 6.58 Å². The average molecular weight is 114 g/mol. The highest BCUT2D eigenvalue weighted by Gasteiger charge is 1.53. The van der Waals surface area contributed by atoms with Crippen molar-refractivity contribution in [3.05, 3.63) is 25.0 Å². The number of hydrogen-bond acceptors (Lipinski definition) is 1. The van der Waals surface area contributed by atoms with Crippen molar-refractivity contribution in [2.24, 2.45) is 0 Å². The standard InChI is InChI=1S/C4H8O.C3H6/c1-2-3-4-5;1-3-2/h3-5H,2H2,1H3;3H,1H2,2H3. The summed E-state index contributed by atoms with van der Waals surface area (Å²) in [5.41, 5.74) is 0. The van der Waals surface area contributed by atoms with Crippen molar-refractivity contribution in [3.63, 3.8) is 0 Å². The first-order valence-corrected chi connectivity index (χ1v) is 2.69. The second kappa shape index (κ2) is 16.3.